The summed E-state index contributed by atoms with van der Waals surface area (Å²) in [4.78, 5) is 3.90. The smallest absolute Gasteiger partial charge is 0.125 e. The lowest BCUT2D eigenvalue weighted by molar-refractivity contribution is 0.575. The van der Waals surface area contributed by atoms with Crippen LogP contribution in [0.1, 0.15) is 47.5 Å². The highest BCUT2D eigenvalue weighted by Crippen LogP contribution is 2.19. The van der Waals surface area contributed by atoms with Crippen molar-refractivity contribution in [3.05, 3.63) is 0 Å². The Balaban J connectivity index is 3.94. The molecule has 0 amide bonds. The second kappa shape index (κ2) is 7.47. The molecule has 0 aromatic heterocycles. The molecule has 0 rings (SSSR count). The molecule has 0 aromatic carbocycles. The van der Waals surface area contributed by atoms with Crippen molar-refractivity contribution in [3.63, 3.8) is 0 Å². The van der Waals surface area contributed by atoms with Gasteiger partial charge in [0.05, 0.1) is 0 Å². The molecule has 14 heavy (non-hydrogen) atoms. The van der Waals surface area contributed by atoms with Crippen LogP contribution in [0.4, 0.5) is 0 Å². The van der Waals surface area contributed by atoms with Gasteiger partial charge in [0.25, 0.3) is 0 Å². The Kier molecular flexibility index (Phi) is 7.56. The maximum absolute atomic E-state index is 3.90. The average molecular weight is 215 g/mol. The van der Waals surface area contributed by atoms with Crippen LogP contribution in [0.2, 0.25) is 18.1 Å². The first kappa shape index (κ1) is 14.2. The van der Waals surface area contributed by atoms with Crippen molar-refractivity contribution >= 4 is 8.24 Å². The molecule has 1 nitrogen and oxygen atoms in total. The predicted octanol–water partition coefficient (Wildman–Crippen LogP) is 4.02. The summed E-state index contributed by atoms with van der Waals surface area (Å²) in [6.45, 7) is 12.9. The van der Waals surface area contributed by atoms with Crippen molar-refractivity contribution in [1.82, 2.24) is 4.98 Å². The largest absolute Gasteiger partial charge is 0.337 e. The van der Waals surface area contributed by atoms with Gasteiger partial charge in [0, 0.05) is 0 Å². The van der Waals surface area contributed by atoms with E-state index in [4.69, 9.17) is 0 Å². The molecule has 2 heteroatoms. The van der Waals surface area contributed by atoms with Gasteiger partial charge in [-0.2, -0.15) is 0 Å². The lowest BCUT2D eigenvalue weighted by Gasteiger charge is -2.30. The number of rotatable bonds is 8. The summed E-state index contributed by atoms with van der Waals surface area (Å²) < 4.78 is 0. The van der Waals surface area contributed by atoms with E-state index < -0.39 is 8.24 Å². The van der Waals surface area contributed by atoms with E-state index >= 15 is 0 Å². The van der Waals surface area contributed by atoms with Gasteiger partial charge in [0.1, 0.15) is 8.24 Å². The van der Waals surface area contributed by atoms with E-state index in [1.165, 1.54) is 37.5 Å². The Bertz CT molecular complexity index is 130. The molecule has 0 spiro atoms. The van der Waals surface area contributed by atoms with E-state index in [0.717, 1.165) is 5.92 Å². The Morgan fingerprint density at radius 1 is 1.07 bits per heavy atom. The fraction of sp³-hybridized carbons (Fsp3) is 1.00. The second-order valence-corrected chi connectivity index (χ2v) is 9.68. The highest BCUT2D eigenvalue weighted by atomic mass is 28.3. The number of hydrogen-bond donors (Lipinski definition) is 1. The molecule has 0 unspecified atom stereocenters. The molecule has 0 saturated heterocycles. The minimum Gasteiger partial charge on any atom is -0.337 e. The molecule has 0 aliphatic heterocycles. The van der Waals surface area contributed by atoms with Gasteiger partial charge < -0.3 is 4.98 Å². The van der Waals surface area contributed by atoms with Crippen molar-refractivity contribution < 1.29 is 0 Å². The van der Waals surface area contributed by atoms with Crippen molar-refractivity contribution in [2.75, 3.05) is 6.54 Å². The normalized spacial score (nSPS) is 12.4. The summed E-state index contributed by atoms with van der Waals surface area (Å²) in [7, 11) is -1.06. The van der Waals surface area contributed by atoms with Crippen LogP contribution >= 0.6 is 0 Å². The first-order valence-corrected chi connectivity index (χ1v) is 8.97. The molecule has 0 aliphatic carbocycles. The van der Waals surface area contributed by atoms with Crippen molar-refractivity contribution in [2.45, 2.75) is 65.6 Å². The van der Waals surface area contributed by atoms with Crippen LogP contribution in [-0.4, -0.2) is 14.8 Å². The summed E-state index contributed by atoms with van der Waals surface area (Å²) >= 11 is 0. The zero-order valence-corrected chi connectivity index (χ0v) is 11.8. The molecule has 0 saturated carbocycles. The molecule has 0 aliphatic rings. The summed E-state index contributed by atoms with van der Waals surface area (Å²) in [5, 5.41) is 0. The highest BCUT2D eigenvalue weighted by Gasteiger charge is 2.26. The quantitative estimate of drug-likeness (QED) is 0.603. The van der Waals surface area contributed by atoms with E-state index in [0.29, 0.717) is 0 Å². The SMILES string of the molecule is CCC[Si](CC)(CC)NCCC(C)C. The topological polar surface area (TPSA) is 12.0 Å². The fourth-order valence-electron chi connectivity index (χ4n) is 2.05. The Labute approximate surface area is 91.8 Å². The minimum atomic E-state index is -1.06. The van der Waals surface area contributed by atoms with E-state index in [1.54, 1.807) is 0 Å². The van der Waals surface area contributed by atoms with Crippen molar-refractivity contribution in [3.8, 4) is 0 Å². The summed E-state index contributed by atoms with van der Waals surface area (Å²) in [5.74, 6) is 0.838. The molecule has 0 aromatic rings. The lowest BCUT2D eigenvalue weighted by atomic mass is 10.1. The number of nitrogens with one attached hydrogen (secondary N) is 1. The summed E-state index contributed by atoms with van der Waals surface area (Å²) in [5.41, 5.74) is 0. The first-order valence-electron chi connectivity index (χ1n) is 6.35. The molecule has 0 radical (unpaired) electrons. The Morgan fingerprint density at radius 2 is 1.64 bits per heavy atom. The van der Waals surface area contributed by atoms with E-state index in [-0.39, 0.29) is 0 Å². The van der Waals surface area contributed by atoms with Gasteiger partial charge in [-0.25, -0.2) is 0 Å². The lowest BCUT2D eigenvalue weighted by Crippen LogP contribution is -2.49. The van der Waals surface area contributed by atoms with E-state index in [2.05, 4.69) is 39.6 Å². The third-order valence-corrected chi connectivity index (χ3v) is 8.47. The monoisotopic (exact) mass is 215 g/mol. The van der Waals surface area contributed by atoms with Gasteiger partial charge in [-0.05, 0) is 37.0 Å². The van der Waals surface area contributed by atoms with Crippen LogP contribution in [0.25, 0.3) is 0 Å². The Hall–Kier alpha value is 0.177. The highest BCUT2D eigenvalue weighted by molar-refractivity contribution is 6.77. The fourth-order valence-corrected chi connectivity index (χ4v) is 5.56. The van der Waals surface area contributed by atoms with E-state index in [1.807, 2.05) is 0 Å². The predicted molar refractivity (Wildman–Crippen MR) is 69.3 cm³/mol. The third-order valence-electron chi connectivity index (χ3n) is 3.30. The molecule has 0 bridgehead atoms. The summed E-state index contributed by atoms with van der Waals surface area (Å²) in [6, 6.07) is 4.25. The molecular weight excluding hydrogens is 186 g/mol. The van der Waals surface area contributed by atoms with Crippen LogP contribution in [0.15, 0.2) is 0 Å². The third kappa shape index (κ3) is 5.16. The van der Waals surface area contributed by atoms with Gasteiger partial charge in [0.15, 0.2) is 0 Å². The van der Waals surface area contributed by atoms with Crippen molar-refractivity contribution in [1.29, 1.82) is 0 Å². The van der Waals surface area contributed by atoms with Gasteiger partial charge in [-0.15, -0.1) is 0 Å². The Morgan fingerprint density at radius 3 is 2.00 bits per heavy atom. The van der Waals surface area contributed by atoms with Crippen LogP contribution < -0.4 is 4.98 Å². The zero-order chi connectivity index (χ0) is 11.0. The van der Waals surface area contributed by atoms with Crippen LogP contribution in [-0.2, 0) is 0 Å². The molecule has 0 atom stereocenters. The minimum absolute atomic E-state index is 0.838. The molecule has 86 valence electrons. The van der Waals surface area contributed by atoms with Gasteiger partial charge in [-0.1, -0.05) is 41.0 Å². The molecule has 1 N–H and O–H groups in total. The molecular formula is C12H29NSi. The van der Waals surface area contributed by atoms with Gasteiger partial charge in [-0.3, -0.25) is 0 Å². The van der Waals surface area contributed by atoms with Crippen LogP contribution in [0.5, 0.6) is 0 Å². The van der Waals surface area contributed by atoms with Gasteiger partial charge >= 0.3 is 0 Å². The average Bonchev–Trinajstić information content (AvgIpc) is 2.16. The number of hydrogen-bond acceptors (Lipinski definition) is 1. The van der Waals surface area contributed by atoms with Crippen molar-refractivity contribution in [2.24, 2.45) is 5.92 Å². The maximum Gasteiger partial charge on any atom is 0.125 e. The van der Waals surface area contributed by atoms with E-state index in [9.17, 15) is 0 Å². The standard InChI is InChI=1S/C12H29NSi/c1-6-11-14(7-2,8-3)13-10-9-12(4)5/h12-13H,6-11H2,1-5H3. The van der Waals surface area contributed by atoms with Crippen LogP contribution in [0, 0.1) is 5.92 Å². The first-order chi connectivity index (χ1) is 6.60. The second-order valence-electron chi connectivity index (χ2n) is 4.85. The molecule has 0 heterocycles. The summed E-state index contributed by atoms with van der Waals surface area (Å²) in [6.07, 6.45) is 2.68. The zero-order valence-electron chi connectivity index (χ0n) is 10.8. The molecule has 0 fully saturated rings. The van der Waals surface area contributed by atoms with Crippen LogP contribution in [0.3, 0.4) is 0 Å². The maximum atomic E-state index is 3.90. The van der Waals surface area contributed by atoms with Gasteiger partial charge in [0.2, 0.25) is 0 Å².